The molecule has 0 aliphatic carbocycles. The lowest BCUT2D eigenvalue weighted by atomic mass is 9.94. The first-order valence-electron chi connectivity index (χ1n) is 5.71. The van der Waals surface area contributed by atoms with Crippen LogP contribution in [0.15, 0.2) is 0 Å². The maximum absolute atomic E-state index is 9.62. The maximum Gasteiger partial charge on any atom is 0.107 e. The number of nitrogens with one attached hydrogen (secondary N) is 1. The molecule has 1 aliphatic rings. The highest BCUT2D eigenvalue weighted by atomic mass is 16.3. The summed E-state index contributed by atoms with van der Waals surface area (Å²) in [4.78, 5) is 2.50. The molecule has 0 spiro atoms. The third kappa shape index (κ3) is 3.56. The molecular weight excluding hydrogens is 176 g/mol. The molecule has 14 heavy (non-hydrogen) atoms. The highest BCUT2D eigenvalue weighted by molar-refractivity contribution is 4.76. The molecule has 3 heteroatoms. The Morgan fingerprint density at radius 3 is 2.36 bits per heavy atom. The molecule has 1 fully saturated rings. The van der Waals surface area contributed by atoms with Gasteiger partial charge in [0.2, 0.25) is 0 Å². The molecule has 84 valence electrons. The first-order chi connectivity index (χ1) is 6.63. The Morgan fingerprint density at radius 2 is 1.93 bits per heavy atom. The van der Waals surface area contributed by atoms with Crippen LogP contribution in [0.1, 0.15) is 26.7 Å². The van der Waals surface area contributed by atoms with E-state index in [1.54, 1.807) is 0 Å². The Hall–Kier alpha value is -0.120. The van der Waals surface area contributed by atoms with E-state index >= 15 is 0 Å². The van der Waals surface area contributed by atoms with E-state index in [0.29, 0.717) is 5.92 Å². The van der Waals surface area contributed by atoms with Crippen molar-refractivity contribution in [3.63, 3.8) is 0 Å². The number of piperidine rings is 1. The highest BCUT2D eigenvalue weighted by Gasteiger charge is 2.24. The largest absolute Gasteiger partial charge is 0.378 e. The Bertz CT molecular complexity index is 153. The molecule has 1 rings (SSSR count). The first-order valence-corrected chi connectivity index (χ1v) is 5.71. The lowest BCUT2D eigenvalue weighted by Crippen LogP contribution is -2.43. The molecule has 1 atom stereocenters. The van der Waals surface area contributed by atoms with Crippen LogP contribution in [0, 0.1) is 11.8 Å². The van der Waals surface area contributed by atoms with Crippen molar-refractivity contribution in [3.8, 4) is 0 Å². The van der Waals surface area contributed by atoms with Crippen LogP contribution in [-0.4, -0.2) is 42.9 Å². The minimum Gasteiger partial charge on any atom is -0.378 e. The quantitative estimate of drug-likeness (QED) is 0.662. The van der Waals surface area contributed by atoms with Gasteiger partial charge < -0.3 is 10.0 Å². The van der Waals surface area contributed by atoms with Crippen LogP contribution in [-0.2, 0) is 0 Å². The van der Waals surface area contributed by atoms with E-state index in [2.05, 4.69) is 24.1 Å². The second kappa shape index (κ2) is 5.69. The Labute approximate surface area is 87.5 Å². The number of aliphatic hydroxyl groups is 1. The van der Waals surface area contributed by atoms with Crippen molar-refractivity contribution in [1.29, 1.82) is 0 Å². The summed E-state index contributed by atoms with van der Waals surface area (Å²) in [5, 5.41) is 12.5. The van der Waals surface area contributed by atoms with Crippen LogP contribution < -0.4 is 5.32 Å². The standard InChI is InChI=1S/C11H24N2O/c1-9(2)8-13-6-4-10(5-7-13)11(14)12-3/h9-12,14H,4-8H2,1-3H3. The topological polar surface area (TPSA) is 35.5 Å². The molecule has 0 amide bonds. The van der Waals surface area contributed by atoms with Gasteiger partial charge >= 0.3 is 0 Å². The first kappa shape index (κ1) is 12.0. The van der Waals surface area contributed by atoms with Gasteiger partial charge in [0, 0.05) is 12.5 Å². The predicted octanol–water partition coefficient (Wildman–Crippen LogP) is 0.892. The molecule has 2 N–H and O–H groups in total. The van der Waals surface area contributed by atoms with Gasteiger partial charge in [-0.2, -0.15) is 0 Å². The van der Waals surface area contributed by atoms with Crippen molar-refractivity contribution in [2.24, 2.45) is 11.8 Å². The molecule has 0 aromatic carbocycles. The molecule has 1 heterocycles. The van der Waals surface area contributed by atoms with Crippen LogP contribution in [0.2, 0.25) is 0 Å². The smallest absolute Gasteiger partial charge is 0.107 e. The summed E-state index contributed by atoms with van der Waals surface area (Å²) in [6, 6.07) is 0. The van der Waals surface area contributed by atoms with Gasteiger partial charge in [-0.1, -0.05) is 13.8 Å². The van der Waals surface area contributed by atoms with Gasteiger partial charge in [-0.25, -0.2) is 0 Å². The number of aliphatic hydroxyl groups excluding tert-OH is 1. The summed E-state index contributed by atoms with van der Waals surface area (Å²) in [6.07, 6.45) is 1.93. The van der Waals surface area contributed by atoms with Gasteiger partial charge in [-0.3, -0.25) is 5.32 Å². The van der Waals surface area contributed by atoms with Crippen molar-refractivity contribution >= 4 is 0 Å². The van der Waals surface area contributed by atoms with E-state index in [1.165, 1.54) is 6.54 Å². The van der Waals surface area contributed by atoms with Crippen LogP contribution in [0.4, 0.5) is 0 Å². The van der Waals surface area contributed by atoms with E-state index in [0.717, 1.165) is 31.8 Å². The molecule has 0 bridgehead atoms. The molecule has 3 nitrogen and oxygen atoms in total. The molecular formula is C11H24N2O. The molecule has 0 saturated carbocycles. The average molecular weight is 200 g/mol. The second-order valence-corrected chi connectivity index (χ2v) is 4.77. The zero-order chi connectivity index (χ0) is 10.6. The summed E-state index contributed by atoms with van der Waals surface area (Å²) < 4.78 is 0. The second-order valence-electron chi connectivity index (χ2n) is 4.77. The fraction of sp³-hybridized carbons (Fsp3) is 1.00. The van der Waals surface area contributed by atoms with E-state index < -0.39 is 0 Å². The van der Waals surface area contributed by atoms with Crippen LogP contribution in [0.5, 0.6) is 0 Å². The van der Waals surface area contributed by atoms with Crippen molar-refractivity contribution in [2.45, 2.75) is 32.9 Å². The number of nitrogens with zero attached hydrogens (tertiary/aromatic N) is 1. The van der Waals surface area contributed by atoms with Gasteiger partial charge in [-0.15, -0.1) is 0 Å². The minimum absolute atomic E-state index is 0.309. The maximum atomic E-state index is 9.62. The third-order valence-corrected chi connectivity index (χ3v) is 3.00. The molecule has 0 radical (unpaired) electrons. The van der Waals surface area contributed by atoms with Crippen molar-refractivity contribution in [3.05, 3.63) is 0 Å². The lowest BCUT2D eigenvalue weighted by Gasteiger charge is -2.34. The van der Waals surface area contributed by atoms with Gasteiger partial charge in [-0.05, 0) is 38.9 Å². The Kier molecular flexibility index (Phi) is 4.85. The molecule has 0 aromatic rings. The fourth-order valence-corrected chi connectivity index (χ4v) is 2.20. The zero-order valence-corrected chi connectivity index (χ0v) is 9.66. The molecule has 1 unspecified atom stereocenters. The number of rotatable bonds is 4. The van der Waals surface area contributed by atoms with E-state index in [9.17, 15) is 5.11 Å². The van der Waals surface area contributed by atoms with Gasteiger partial charge in [0.1, 0.15) is 6.23 Å². The van der Waals surface area contributed by atoms with Crippen molar-refractivity contribution in [1.82, 2.24) is 10.2 Å². The van der Waals surface area contributed by atoms with E-state index in [1.807, 2.05) is 7.05 Å². The van der Waals surface area contributed by atoms with Gasteiger partial charge in [0.05, 0.1) is 0 Å². The zero-order valence-electron chi connectivity index (χ0n) is 9.66. The Morgan fingerprint density at radius 1 is 1.36 bits per heavy atom. The predicted molar refractivity (Wildman–Crippen MR) is 59.1 cm³/mol. The summed E-state index contributed by atoms with van der Waals surface area (Å²) >= 11 is 0. The monoisotopic (exact) mass is 200 g/mol. The van der Waals surface area contributed by atoms with Gasteiger partial charge in [0.15, 0.2) is 0 Å². The number of hydrogen-bond acceptors (Lipinski definition) is 3. The fourth-order valence-electron chi connectivity index (χ4n) is 2.20. The number of likely N-dealkylation sites (tertiary alicyclic amines) is 1. The molecule has 1 aliphatic heterocycles. The summed E-state index contributed by atoms with van der Waals surface area (Å²) in [5.41, 5.74) is 0. The normalized spacial score (nSPS) is 22.9. The van der Waals surface area contributed by atoms with Crippen LogP contribution in [0.3, 0.4) is 0 Å². The van der Waals surface area contributed by atoms with Crippen LogP contribution in [0.25, 0.3) is 0 Å². The molecule has 1 saturated heterocycles. The van der Waals surface area contributed by atoms with Crippen molar-refractivity contribution < 1.29 is 5.11 Å². The summed E-state index contributed by atoms with van der Waals surface area (Å²) in [5.74, 6) is 1.20. The van der Waals surface area contributed by atoms with Crippen molar-refractivity contribution in [2.75, 3.05) is 26.7 Å². The SMILES string of the molecule is CNC(O)C1CCN(CC(C)C)CC1. The van der Waals surface area contributed by atoms with E-state index in [4.69, 9.17) is 0 Å². The van der Waals surface area contributed by atoms with Gasteiger partial charge in [0.25, 0.3) is 0 Å². The minimum atomic E-state index is -0.309. The van der Waals surface area contributed by atoms with E-state index in [-0.39, 0.29) is 6.23 Å². The number of hydrogen-bond donors (Lipinski definition) is 2. The summed E-state index contributed by atoms with van der Waals surface area (Å²) in [7, 11) is 1.82. The summed E-state index contributed by atoms with van der Waals surface area (Å²) in [6.45, 7) is 7.99. The Balaban J connectivity index is 2.24. The lowest BCUT2D eigenvalue weighted by molar-refractivity contribution is 0.0390. The third-order valence-electron chi connectivity index (χ3n) is 3.00. The average Bonchev–Trinajstić information content (AvgIpc) is 2.17. The van der Waals surface area contributed by atoms with Crippen LogP contribution >= 0.6 is 0 Å². The highest BCUT2D eigenvalue weighted by Crippen LogP contribution is 2.19. The molecule has 0 aromatic heterocycles.